The molecule has 2 heterocycles. The average Bonchev–Trinajstić information content (AvgIpc) is 3.51. The molecule has 0 fully saturated rings. The first kappa shape index (κ1) is 29.0. The Bertz CT molecular complexity index is 1590. The van der Waals surface area contributed by atoms with E-state index in [-0.39, 0.29) is 10.1 Å². The largest absolute Gasteiger partial charge is 0.479 e. The lowest BCUT2D eigenvalue weighted by molar-refractivity contribution is 0.111. The van der Waals surface area contributed by atoms with Gasteiger partial charge in [-0.1, -0.05) is 68.4 Å². The molecule has 9 nitrogen and oxygen atoms in total. The van der Waals surface area contributed by atoms with E-state index in [1.807, 2.05) is 60.7 Å². The number of aldehydes is 1. The van der Waals surface area contributed by atoms with E-state index in [0.29, 0.717) is 48.1 Å². The Labute approximate surface area is 238 Å². The van der Waals surface area contributed by atoms with Crippen molar-refractivity contribution >= 4 is 33.7 Å². The van der Waals surface area contributed by atoms with Crippen LogP contribution in [0.15, 0.2) is 64.9 Å². The number of rotatable bonds is 11. The number of urea groups is 1. The minimum Gasteiger partial charge on any atom is -0.479 e. The van der Waals surface area contributed by atoms with Crippen LogP contribution in [-0.4, -0.2) is 43.9 Å². The van der Waals surface area contributed by atoms with Gasteiger partial charge in [-0.25, -0.2) is 17.9 Å². The lowest BCUT2D eigenvalue weighted by atomic mass is 10.1. The summed E-state index contributed by atoms with van der Waals surface area (Å²) in [6.45, 7) is 6.50. The molecule has 2 amide bonds. The van der Waals surface area contributed by atoms with E-state index in [1.54, 1.807) is 11.5 Å². The third-order valence-corrected chi connectivity index (χ3v) is 9.11. The van der Waals surface area contributed by atoms with E-state index in [0.717, 1.165) is 22.3 Å². The molecule has 0 saturated carbocycles. The van der Waals surface area contributed by atoms with Crippen LogP contribution in [0.25, 0.3) is 22.5 Å². The summed E-state index contributed by atoms with van der Waals surface area (Å²) in [6.07, 6.45) is 1.44. The van der Waals surface area contributed by atoms with Crippen molar-refractivity contribution in [2.24, 2.45) is 5.92 Å². The zero-order chi connectivity index (χ0) is 28.9. The number of carbonyl (C=O) groups excluding carboxylic acids is 2. The minimum absolute atomic E-state index is 0.0936. The summed E-state index contributed by atoms with van der Waals surface area (Å²) in [5, 5.41) is 2.47. The number of hydrogen-bond donors (Lipinski definition) is 2. The van der Waals surface area contributed by atoms with Crippen LogP contribution in [0.1, 0.15) is 41.7 Å². The second-order valence-electron chi connectivity index (χ2n) is 9.57. The first-order chi connectivity index (χ1) is 19.2. The molecule has 0 saturated heterocycles. The molecule has 0 bridgehead atoms. The van der Waals surface area contributed by atoms with Gasteiger partial charge >= 0.3 is 6.03 Å². The molecule has 2 aromatic carbocycles. The molecule has 2 N–H and O–H groups in total. The molecular weight excluding hydrogens is 550 g/mol. The summed E-state index contributed by atoms with van der Waals surface area (Å²) in [4.78, 5) is 29.5. The summed E-state index contributed by atoms with van der Waals surface area (Å²) < 4.78 is 35.7. The fourth-order valence-electron chi connectivity index (χ4n) is 4.34. The molecule has 0 aliphatic heterocycles. The van der Waals surface area contributed by atoms with Gasteiger partial charge in [-0.15, -0.1) is 11.3 Å². The van der Waals surface area contributed by atoms with Crippen molar-refractivity contribution < 1.29 is 22.7 Å². The molecule has 0 aliphatic rings. The average molecular weight is 583 g/mol. The van der Waals surface area contributed by atoms with Crippen LogP contribution < -0.4 is 14.8 Å². The van der Waals surface area contributed by atoms with Gasteiger partial charge < -0.3 is 14.6 Å². The Morgan fingerprint density at radius 1 is 1.12 bits per heavy atom. The van der Waals surface area contributed by atoms with Crippen LogP contribution in [-0.2, 0) is 23.0 Å². The van der Waals surface area contributed by atoms with E-state index in [1.165, 1.54) is 18.4 Å². The number of sulfonamides is 1. The van der Waals surface area contributed by atoms with E-state index in [2.05, 4.69) is 28.9 Å². The van der Waals surface area contributed by atoms with Gasteiger partial charge in [0, 0.05) is 29.1 Å². The number of benzene rings is 2. The summed E-state index contributed by atoms with van der Waals surface area (Å²) in [6, 6.07) is 18.1. The third-order valence-electron chi connectivity index (χ3n) is 6.08. The third kappa shape index (κ3) is 6.43. The Balaban J connectivity index is 1.70. The lowest BCUT2D eigenvalue weighted by Crippen LogP contribution is -2.39. The Morgan fingerprint density at radius 3 is 2.42 bits per heavy atom. The molecule has 2 aromatic heterocycles. The van der Waals surface area contributed by atoms with Gasteiger partial charge in [0.25, 0.3) is 10.0 Å². The first-order valence-electron chi connectivity index (χ1n) is 12.8. The molecule has 0 unspecified atom stereocenters. The highest BCUT2D eigenvalue weighted by Gasteiger charge is 2.26. The maximum atomic E-state index is 13.2. The minimum atomic E-state index is -4.09. The Hall–Kier alpha value is -3.96. The van der Waals surface area contributed by atoms with Crippen LogP contribution in [0.5, 0.6) is 5.88 Å². The molecule has 40 heavy (non-hydrogen) atoms. The van der Waals surface area contributed by atoms with Gasteiger partial charge in [0.1, 0.15) is 15.7 Å². The van der Waals surface area contributed by atoms with Gasteiger partial charge in [0.15, 0.2) is 6.29 Å². The van der Waals surface area contributed by atoms with Gasteiger partial charge in [-0.3, -0.25) is 4.79 Å². The van der Waals surface area contributed by atoms with Gasteiger partial charge in [-0.2, -0.15) is 4.98 Å². The number of hydrogen-bond acceptors (Lipinski definition) is 7. The van der Waals surface area contributed by atoms with Crippen molar-refractivity contribution in [3.8, 4) is 28.4 Å². The molecule has 4 aromatic rings. The van der Waals surface area contributed by atoms with Gasteiger partial charge in [0.2, 0.25) is 5.88 Å². The highest BCUT2D eigenvalue weighted by Crippen LogP contribution is 2.37. The molecule has 210 valence electrons. The number of ether oxygens (including phenoxy) is 1. The molecule has 0 atom stereocenters. The topological polar surface area (TPSA) is 119 Å². The van der Waals surface area contributed by atoms with Crippen LogP contribution in [0.4, 0.5) is 4.79 Å². The predicted molar refractivity (Wildman–Crippen MR) is 156 cm³/mol. The fourth-order valence-corrected chi connectivity index (χ4v) is 7.22. The number of methoxy groups -OCH3 is 1. The smallest absolute Gasteiger partial charge is 0.328 e. The lowest BCUT2D eigenvalue weighted by Gasteiger charge is -2.11. The number of aromatic nitrogens is 2. The van der Waals surface area contributed by atoms with E-state index in [4.69, 9.17) is 4.74 Å². The van der Waals surface area contributed by atoms with Crippen molar-refractivity contribution in [2.45, 2.75) is 37.9 Å². The van der Waals surface area contributed by atoms with Crippen molar-refractivity contribution in [3.63, 3.8) is 0 Å². The zero-order valence-corrected chi connectivity index (χ0v) is 24.4. The van der Waals surface area contributed by atoms with Crippen molar-refractivity contribution in [2.75, 3.05) is 13.7 Å². The number of nitrogens with zero attached hydrogens (tertiary/aromatic N) is 2. The molecular formula is C29H32N4O5S2. The molecule has 0 radical (unpaired) electrons. The monoisotopic (exact) mass is 582 g/mol. The molecule has 11 heteroatoms. The van der Waals surface area contributed by atoms with E-state index >= 15 is 0 Å². The quantitative estimate of drug-likeness (QED) is 0.230. The van der Waals surface area contributed by atoms with E-state index < -0.39 is 16.1 Å². The Morgan fingerprint density at radius 2 is 1.82 bits per heavy atom. The second-order valence-corrected chi connectivity index (χ2v) is 12.6. The maximum absolute atomic E-state index is 13.2. The zero-order valence-electron chi connectivity index (χ0n) is 22.8. The molecule has 0 aliphatic carbocycles. The fraction of sp³-hybridized carbons (Fsp3) is 0.276. The number of amides is 2. The van der Waals surface area contributed by atoms with Gasteiger partial charge in [0.05, 0.1) is 7.11 Å². The highest BCUT2D eigenvalue weighted by molar-refractivity contribution is 7.92. The summed E-state index contributed by atoms with van der Waals surface area (Å²) in [5.41, 5.74) is 3.29. The van der Waals surface area contributed by atoms with Crippen LogP contribution >= 0.6 is 11.3 Å². The van der Waals surface area contributed by atoms with E-state index in [9.17, 15) is 18.0 Å². The van der Waals surface area contributed by atoms with Gasteiger partial charge in [-0.05, 0) is 36.5 Å². The van der Waals surface area contributed by atoms with Crippen LogP contribution in [0.2, 0.25) is 0 Å². The number of carbonyl (C=O) groups is 2. The standard InChI is InChI=1S/C29H32N4O5S2/c1-5-30-29(35)32-40(36,37)28-24(16-23(39-28)15-19(2)3)21-13-11-20(12-14-21)17-33-25(18-34)27(38-4)31-26(33)22-9-7-6-8-10-22/h6-14,16,18-19H,5,15,17H2,1-4H3,(H2,30,32,35)/i17+2. The normalized spacial score (nSPS) is 11.4. The highest BCUT2D eigenvalue weighted by atomic mass is 32.2. The molecule has 0 spiro atoms. The van der Waals surface area contributed by atoms with Crippen molar-refractivity contribution in [3.05, 3.63) is 76.8 Å². The second kappa shape index (κ2) is 12.5. The number of imidazole rings is 1. The van der Waals surface area contributed by atoms with Crippen molar-refractivity contribution in [1.82, 2.24) is 19.6 Å². The van der Waals surface area contributed by atoms with Crippen molar-refractivity contribution in [1.29, 1.82) is 0 Å². The molecule has 4 rings (SSSR count). The van der Waals surface area contributed by atoms with Crippen LogP contribution in [0, 0.1) is 5.92 Å². The number of nitrogens with one attached hydrogen (secondary N) is 2. The summed E-state index contributed by atoms with van der Waals surface area (Å²) in [7, 11) is -2.61. The summed E-state index contributed by atoms with van der Waals surface area (Å²) in [5.74, 6) is 1.18. The summed E-state index contributed by atoms with van der Waals surface area (Å²) >= 11 is 1.17. The number of thiophene rings is 1. The first-order valence-corrected chi connectivity index (χ1v) is 15.1. The Kier molecular flexibility index (Phi) is 9.06. The SMILES string of the molecule is CCNC(=O)NS(=O)(=O)c1sc(CC(C)C)cc1-c1ccc([14CH2]n2c(-c3ccccc3)nc(OC)c2C=O)cc1. The predicted octanol–water partition coefficient (Wildman–Crippen LogP) is 5.35. The maximum Gasteiger partial charge on any atom is 0.328 e. The van der Waals surface area contributed by atoms with Crippen LogP contribution in [0.3, 0.4) is 0 Å².